The molecule has 5 aromatic rings. The third kappa shape index (κ3) is 11.3. The van der Waals surface area contributed by atoms with Gasteiger partial charge in [0.1, 0.15) is 18.0 Å². The Balaban J connectivity index is 1.25. The predicted molar refractivity (Wildman–Crippen MR) is 211 cm³/mol. The highest BCUT2D eigenvalue weighted by molar-refractivity contribution is 7.10. The SMILES string of the molecule is CCCCCCCOc1ccc(-c2cnc(-c3ccc(C[C@H](NC(=O)c4ccc(C(C)(C)C)cc4)C(O)NC(C(=O)O)c4cccs4)cc3)nc2)cc1. The lowest BCUT2D eigenvalue weighted by Crippen LogP contribution is -2.53. The molecule has 9 nitrogen and oxygen atoms in total. The van der Waals surface area contributed by atoms with Crippen molar-refractivity contribution < 1.29 is 24.5 Å². The predicted octanol–water partition coefficient (Wildman–Crippen LogP) is 8.59. The summed E-state index contributed by atoms with van der Waals surface area (Å²) in [5, 5.41) is 28.9. The van der Waals surface area contributed by atoms with E-state index in [2.05, 4.69) is 48.3 Å². The molecular formula is C43H50N4O5S. The van der Waals surface area contributed by atoms with Crippen molar-refractivity contribution in [2.45, 2.75) is 89.9 Å². The maximum Gasteiger partial charge on any atom is 0.326 e. The summed E-state index contributed by atoms with van der Waals surface area (Å²) in [6.45, 7) is 9.25. The van der Waals surface area contributed by atoms with Gasteiger partial charge in [-0.05, 0) is 70.7 Å². The highest BCUT2D eigenvalue weighted by Crippen LogP contribution is 2.26. The summed E-state index contributed by atoms with van der Waals surface area (Å²) in [6.07, 6.45) is 8.47. The lowest BCUT2D eigenvalue weighted by Gasteiger charge is -2.28. The second-order valence-electron chi connectivity index (χ2n) is 14.3. The van der Waals surface area contributed by atoms with Gasteiger partial charge in [0.15, 0.2) is 5.82 Å². The molecule has 5 rings (SSSR count). The number of aliphatic hydroxyl groups is 1. The molecule has 3 atom stereocenters. The zero-order chi connectivity index (χ0) is 37.8. The summed E-state index contributed by atoms with van der Waals surface area (Å²) in [4.78, 5) is 35.4. The summed E-state index contributed by atoms with van der Waals surface area (Å²) < 4.78 is 5.90. The van der Waals surface area contributed by atoms with E-state index in [1.807, 2.05) is 60.7 Å². The van der Waals surface area contributed by atoms with Gasteiger partial charge in [-0.3, -0.25) is 14.9 Å². The Hall–Kier alpha value is -4.90. The number of benzene rings is 3. The smallest absolute Gasteiger partial charge is 0.326 e. The van der Waals surface area contributed by atoms with Crippen LogP contribution in [0.2, 0.25) is 0 Å². The first-order valence-electron chi connectivity index (χ1n) is 18.3. The summed E-state index contributed by atoms with van der Waals surface area (Å²) in [7, 11) is 0. The number of carboxylic acid groups (broad SMARTS) is 1. The molecule has 3 aromatic carbocycles. The van der Waals surface area contributed by atoms with Gasteiger partial charge in [0, 0.05) is 34.0 Å². The Bertz CT molecular complexity index is 1870. The maximum atomic E-state index is 13.4. The molecule has 0 aliphatic heterocycles. The van der Waals surface area contributed by atoms with Gasteiger partial charge in [-0.1, -0.05) is 108 Å². The normalized spacial score (nSPS) is 13.2. The molecule has 2 aromatic heterocycles. The molecule has 0 bridgehead atoms. The Kier molecular flexibility index (Phi) is 13.9. The van der Waals surface area contributed by atoms with Crippen molar-refractivity contribution in [3.63, 3.8) is 0 Å². The van der Waals surface area contributed by atoms with Gasteiger partial charge in [-0.2, -0.15) is 0 Å². The first-order valence-corrected chi connectivity index (χ1v) is 19.2. The monoisotopic (exact) mass is 734 g/mol. The van der Waals surface area contributed by atoms with Crippen molar-refractivity contribution in [2.24, 2.45) is 0 Å². The van der Waals surface area contributed by atoms with E-state index in [0.29, 0.717) is 16.3 Å². The molecule has 0 saturated carbocycles. The first kappa shape index (κ1) is 39.3. The van der Waals surface area contributed by atoms with Crippen LogP contribution in [-0.4, -0.2) is 50.9 Å². The van der Waals surface area contributed by atoms with Crippen LogP contribution in [0.25, 0.3) is 22.5 Å². The number of amides is 1. The van der Waals surface area contributed by atoms with E-state index in [9.17, 15) is 19.8 Å². The van der Waals surface area contributed by atoms with Gasteiger partial charge < -0.3 is 20.3 Å². The van der Waals surface area contributed by atoms with Crippen LogP contribution >= 0.6 is 11.3 Å². The Morgan fingerprint density at radius 2 is 1.49 bits per heavy atom. The second kappa shape index (κ2) is 18.7. The fourth-order valence-electron chi connectivity index (χ4n) is 5.94. The van der Waals surface area contributed by atoms with Crippen LogP contribution in [-0.2, 0) is 16.6 Å². The van der Waals surface area contributed by atoms with Gasteiger partial charge in [0.2, 0.25) is 0 Å². The average molecular weight is 735 g/mol. The van der Waals surface area contributed by atoms with Crippen molar-refractivity contribution in [1.29, 1.82) is 0 Å². The summed E-state index contributed by atoms with van der Waals surface area (Å²) in [6, 6.07) is 24.4. The zero-order valence-corrected chi connectivity index (χ0v) is 31.7. The minimum atomic E-state index is -1.37. The second-order valence-corrected chi connectivity index (χ2v) is 15.3. The van der Waals surface area contributed by atoms with Crippen molar-refractivity contribution in [2.75, 3.05) is 6.61 Å². The van der Waals surface area contributed by atoms with Crippen molar-refractivity contribution in [1.82, 2.24) is 20.6 Å². The molecular weight excluding hydrogens is 685 g/mol. The lowest BCUT2D eigenvalue weighted by atomic mass is 9.86. The largest absolute Gasteiger partial charge is 0.494 e. The molecule has 1 amide bonds. The van der Waals surface area contributed by atoms with E-state index >= 15 is 0 Å². The Morgan fingerprint density at radius 3 is 2.09 bits per heavy atom. The van der Waals surface area contributed by atoms with E-state index in [1.165, 1.54) is 37.0 Å². The third-order valence-corrected chi connectivity index (χ3v) is 10.1. The van der Waals surface area contributed by atoms with Crippen LogP contribution in [0.3, 0.4) is 0 Å². The number of rotatable bonds is 18. The highest BCUT2D eigenvalue weighted by Gasteiger charge is 2.29. The van der Waals surface area contributed by atoms with E-state index in [-0.39, 0.29) is 17.7 Å². The van der Waals surface area contributed by atoms with Crippen LogP contribution in [0.1, 0.15) is 92.2 Å². The number of carbonyl (C=O) groups is 2. The summed E-state index contributed by atoms with van der Waals surface area (Å²) in [5.41, 5.74) is 4.99. The molecule has 0 aliphatic rings. The fraction of sp³-hybridized carbons (Fsp3) is 0.349. The molecule has 0 spiro atoms. The van der Waals surface area contributed by atoms with Gasteiger partial charge in [0.05, 0.1) is 12.6 Å². The molecule has 278 valence electrons. The number of carboxylic acids is 1. The number of ether oxygens (including phenoxy) is 1. The third-order valence-electron chi connectivity index (χ3n) is 9.15. The number of hydrogen-bond acceptors (Lipinski definition) is 8. The first-order chi connectivity index (χ1) is 25.5. The molecule has 10 heteroatoms. The van der Waals surface area contributed by atoms with E-state index in [1.54, 1.807) is 42.0 Å². The van der Waals surface area contributed by atoms with E-state index < -0.39 is 24.3 Å². The van der Waals surface area contributed by atoms with Crippen LogP contribution < -0.4 is 15.4 Å². The Morgan fingerprint density at radius 1 is 0.830 bits per heavy atom. The molecule has 0 fully saturated rings. The van der Waals surface area contributed by atoms with Gasteiger partial charge in [-0.15, -0.1) is 11.3 Å². The quantitative estimate of drug-likeness (QED) is 0.0520. The molecule has 53 heavy (non-hydrogen) atoms. The van der Waals surface area contributed by atoms with Gasteiger partial charge in [-0.25, -0.2) is 9.97 Å². The average Bonchev–Trinajstić information content (AvgIpc) is 3.70. The van der Waals surface area contributed by atoms with E-state index in [0.717, 1.165) is 46.6 Å². The number of nitrogens with one attached hydrogen (secondary N) is 2. The molecule has 2 heterocycles. The number of carbonyl (C=O) groups excluding carboxylic acids is 1. The van der Waals surface area contributed by atoms with Crippen molar-refractivity contribution >= 4 is 23.2 Å². The molecule has 4 N–H and O–H groups in total. The van der Waals surface area contributed by atoms with Crippen LogP contribution in [0.5, 0.6) is 5.75 Å². The van der Waals surface area contributed by atoms with Crippen LogP contribution in [0.15, 0.2) is 103 Å². The van der Waals surface area contributed by atoms with E-state index in [4.69, 9.17) is 4.74 Å². The number of aliphatic hydroxyl groups excluding tert-OH is 1. The Labute approximate surface area is 316 Å². The number of thiophene rings is 1. The van der Waals surface area contributed by atoms with Crippen molar-refractivity contribution in [3.05, 3.63) is 124 Å². The summed E-state index contributed by atoms with van der Waals surface area (Å²) >= 11 is 1.28. The van der Waals surface area contributed by atoms with Crippen LogP contribution in [0, 0.1) is 0 Å². The minimum Gasteiger partial charge on any atom is -0.494 e. The number of hydrogen-bond donors (Lipinski definition) is 4. The van der Waals surface area contributed by atoms with Crippen LogP contribution in [0.4, 0.5) is 0 Å². The topological polar surface area (TPSA) is 134 Å². The standard InChI is InChI=1S/C43H50N4O5S/c1-5-6-7-8-9-24-52-35-22-18-30(19-23-35)33-27-44-39(45-28-33)31-14-12-29(13-15-31)26-36(41(49)47-38(42(50)51)37-11-10-25-53-37)46-40(48)32-16-20-34(21-17-32)43(2,3)4/h10-23,25,27-28,36,38,41,47,49H,5-9,24,26H2,1-4H3,(H,46,48)(H,50,51)/t36-,38?,41?/m0/s1. The number of aliphatic carboxylic acids is 1. The zero-order valence-electron chi connectivity index (χ0n) is 30.9. The molecule has 0 saturated heterocycles. The highest BCUT2D eigenvalue weighted by atomic mass is 32.1. The molecule has 2 unspecified atom stereocenters. The van der Waals surface area contributed by atoms with Crippen molar-refractivity contribution in [3.8, 4) is 28.3 Å². The number of unbranched alkanes of at least 4 members (excludes halogenated alkanes) is 4. The lowest BCUT2D eigenvalue weighted by molar-refractivity contribution is -0.140. The van der Waals surface area contributed by atoms with Gasteiger partial charge in [0.25, 0.3) is 5.91 Å². The fourth-order valence-corrected chi connectivity index (χ4v) is 6.72. The number of nitrogens with zero attached hydrogens (tertiary/aromatic N) is 2. The molecule has 0 aliphatic carbocycles. The summed E-state index contributed by atoms with van der Waals surface area (Å²) in [5.74, 6) is -0.0802. The van der Waals surface area contributed by atoms with Gasteiger partial charge >= 0.3 is 5.97 Å². The maximum absolute atomic E-state index is 13.4. The molecule has 0 radical (unpaired) electrons. The minimum absolute atomic E-state index is 0.0702. The number of aromatic nitrogens is 2.